The third kappa shape index (κ3) is 3.57. The van der Waals surface area contributed by atoms with Crippen molar-refractivity contribution < 1.29 is 28.9 Å². The molecule has 2 aliphatic heterocycles. The smallest absolute Gasteiger partial charge is 0.295 e. The van der Waals surface area contributed by atoms with Crippen LogP contribution in [0.2, 0.25) is 0 Å². The number of carbonyl (C=O) groups excluding carboxylic acids is 2. The number of ketones is 1. The molecule has 1 saturated heterocycles. The number of benzene rings is 2. The van der Waals surface area contributed by atoms with Gasteiger partial charge < -0.3 is 24.2 Å². The summed E-state index contributed by atoms with van der Waals surface area (Å²) in [5.74, 6) is 0.144. The number of methoxy groups -OCH3 is 2. The van der Waals surface area contributed by atoms with Crippen LogP contribution in [0.25, 0.3) is 5.76 Å². The van der Waals surface area contributed by atoms with E-state index in [-0.39, 0.29) is 11.3 Å². The van der Waals surface area contributed by atoms with Gasteiger partial charge in [-0.1, -0.05) is 19.1 Å². The molecule has 0 aromatic heterocycles. The number of aliphatic hydroxyl groups is 1. The van der Waals surface area contributed by atoms with Crippen LogP contribution >= 0.6 is 0 Å². The zero-order valence-electron chi connectivity index (χ0n) is 18.5. The van der Waals surface area contributed by atoms with Crippen LogP contribution in [0.3, 0.4) is 0 Å². The third-order valence-electron chi connectivity index (χ3n) is 5.91. The summed E-state index contributed by atoms with van der Waals surface area (Å²) in [5.41, 5.74) is 2.09. The molecule has 0 saturated carbocycles. The lowest BCUT2D eigenvalue weighted by Crippen LogP contribution is -2.30. The predicted molar refractivity (Wildman–Crippen MR) is 119 cm³/mol. The highest BCUT2D eigenvalue weighted by molar-refractivity contribution is 6.46. The molecule has 2 aromatic carbocycles. The summed E-state index contributed by atoms with van der Waals surface area (Å²) in [6, 6.07) is 9.87. The summed E-state index contributed by atoms with van der Waals surface area (Å²) < 4.78 is 16.7. The van der Waals surface area contributed by atoms with Gasteiger partial charge in [0.25, 0.3) is 11.7 Å². The predicted octanol–water partition coefficient (Wildman–Crippen LogP) is 3.86. The second-order valence-electron chi connectivity index (χ2n) is 7.85. The van der Waals surface area contributed by atoms with Crippen LogP contribution < -0.4 is 14.2 Å². The van der Waals surface area contributed by atoms with E-state index in [0.717, 1.165) is 24.2 Å². The lowest BCUT2D eigenvalue weighted by atomic mass is 9.93. The minimum Gasteiger partial charge on any atom is -0.507 e. The zero-order valence-corrected chi connectivity index (χ0v) is 18.5. The Balaban J connectivity index is 1.91. The maximum atomic E-state index is 13.1. The van der Waals surface area contributed by atoms with Gasteiger partial charge in [-0.2, -0.15) is 0 Å². The van der Waals surface area contributed by atoms with Gasteiger partial charge in [0.2, 0.25) is 0 Å². The molecule has 168 valence electrons. The minimum absolute atomic E-state index is 0.0479. The molecule has 2 aromatic rings. The van der Waals surface area contributed by atoms with Crippen LogP contribution in [0.15, 0.2) is 42.0 Å². The molecule has 1 amide bonds. The Bertz CT molecular complexity index is 1090. The van der Waals surface area contributed by atoms with Crippen molar-refractivity contribution in [2.75, 3.05) is 27.4 Å². The number of Topliss-reactive ketones (excluding diaryl/α,β-unsaturated/α-hetero) is 1. The van der Waals surface area contributed by atoms with Gasteiger partial charge in [-0.15, -0.1) is 0 Å². The van der Waals surface area contributed by atoms with Crippen molar-refractivity contribution in [1.82, 2.24) is 4.90 Å². The lowest BCUT2D eigenvalue weighted by molar-refractivity contribution is -0.139. The van der Waals surface area contributed by atoms with E-state index in [1.165, 1.54) is 19.1 Å². The minimum atomic E-state index is -0.785. The average Bonchev–Trinajstić information content (AvgIpc) is 3.07. The quantitative estimate of drug-likeness (QED) is 0.420. The molecule has 0 bridgehead atoms. The van der Waals surface area contributed by atoms with Gasteiger partial charge in [-0.05, 0) is 49.1 Å². The van der Waals surface area contributed by atoms with Gasteiger partial charge in [0.05, 0.1) is 32.4 Å². The van der Waals surface area contributed by atoms with Gasteiger partial charge in [0.1, 0.15) is 11.5 Å². The number of rotatable bonds is 6. The number of carbonyl (C=O) groups is 2. The fourth-order valence-electron chi connectivity index (χ4n) is 4.47. The van der Waals surface area contributed by atoms with Crippen molar-refractivity contribution in [2.45, 2.75) is 32.2 Å². The molecule has 0 radical (unpaired) electrons. The number of ether oxygens (including phenoxy) is 3. The summed E-state index contributed by atoms with van der Waals surface area (Å²) in [5, 5.41) is 11.3. The Morgan fingerprint density at radius 2 is 2.00 bits per heavy atom. The van der Waals surface area contributed by atoms with Crippen molar-refractivity contribution in [3.8, 4) is 17.2 Å². The molecule has 1 unspecified atom stereocenters. The topological polar surface area (TPSA) is 85.3 Å². The highest BCUT2D eigenvalue weighted by Crippen LogP contribution is 2.45. The Hall–Kier alpha value is -3.48. The molecule has 7 nitrogen and oxygen atoms in total. The van der Waals surface area contributed by atoms with Crippen LogP contribution in [0.5, 0.6) is 17.2 Å². The van der Waals surface area contributed by atoms with E-state index in [9.17, 15) is 14.7 Å². The lowest BCUT2D eigenvalue weighted by Gasteiger charge is -2.27. The first-order valence-corrected chi connectivity index (χ1v) is 10.8. The van der Waals surface area contributed by atoms with Crippen molar-refractivity contribution in [3.63, 3.8) is 0 Å². The van der Waals surface area contributed by atoms with Crippen molar-refractivity contribution >= 4 is 17.4 Å². The molecular formula is C25H27NO6. The second-order valence-corrected chi connectivity index (χ2v) is 7.85. The molecule has 2 aliphatic rings. The molecule has 32 heavy (non-hydrogen) atoms. The highest BCUT2D eigenvalue weighted by atomic mass is 16.5. The van der Waals surface area contributed by atoms with Crippen LogP contribution in [0.4, 0.5) is 0 Å². The Labute approximate surface area is 187 Å². The van der Waals surface area contributed by atoms with E-state index < -0.39 is 17.7 Å². The van der Waals surface area contributed by atoms with Crippen molar-refractivity contribution in [1.29, 1.82) is 0 Å². The molecule has 0 spiro atoms. The van der Waals surface area contributed by atoms with Crippen molar-refractivity contribution in [3.05, 3.63) is 58.7 Å². The third-order valence-corrected chi connectivity index (χ3v) is 5.91. The Morgan fingerprint density at radius 1 is 1.19 bits per heavy atom. The van der Waals surface area contributed by atoms with E-state index in [1.807, 2.05) is 13.0 Å². The number of para-hydroxylation sites is 1. The zero-order chi connectivity index (χ0) is 22.8. The maximum absolute atomic E-state index is 13.1. The standard InChI is InChI=1S/C25H27NO6/c1-4-12-26-21(17-8-5-9-19(30-2)24(17)31-3)20(23(28)25(26)29)22(27)16-10-11-18-15(14-16)7-6-13-32-18/h5,8-11,14,21,27H,4,6-7,12-13H2,1-3H3/b22-20+. The fraction of sp³-hybridized carbons (Fsp3) is 0.360. The van der Waals surface area contributed by atoms with Crippen LogP contribution in [0.1, 0.15) is 42.5 Å². The Kier molecular flexibility index (Phi) is 6.08. The van der Waals surface area contributed by atoms with E-state index >= 15 is 0 Å². The maximum Gasteiger partial charge on any atom is 0.295 e. The molecule has 7 heteroatoms. The number of likely N-dealkylation sites (tertiary alicyclic amines) is 1. The largest absolute Gasteiger partial charge is 0.507 e. The number of aliphatic hydroxyl groups excluding tert-OH is 1. The normalized spacial score (nSPS) is 19.5. The van der Waals surface area contributed by atoms with Gasteiger partial charge in [-0.3, -0.25) is 9.59 Å². The van der Waals surface area contributed by atoms with E-state index in [4.69, 9.17) is 14.2 Å². The molecule has 1 N–H and O–H groups in total. The van der Waals surface area contributed by atoms with Crippen LogP contribution in [0, 0.1) is 0 Å². The summed E-state index contributed by atoms with van der Waals surface area (Å²) >= 11 is 0. The first kappa shape index (κ1) is 21.7. The van der Waals surface area contributed by atoms with Crippen LogP contribution in [-0.4, -0.2) is 49.1 Å². The molecule has 1 atom stereocenters. The molecule has 4 rings (SSSR count). The fourth-order valence-corrected chi connectivity index (χ4v) is 4.47. The van der Waals surface area contributed by atoms with Gasteiger partial charge in [0, 0.05) is 17.7 Å². The molecular weight excluding hydrogens is 410 g/mol. The first-order chi connectivity index (χ1) is 15.5. The average molecular weight is 437 g/mol. The molecule has 2 heterocycles. The van der Waals surface area contributed by atoms with Gasteiger partial charge in [0.15, 0.2) is 11.5 Å². The number of hydrogen-bond acceptors (Lipinski definition) is 6. The molecule has 0 aliphatic carbocycles. The number of fused-ring (bicyclic) bond motifs is 1. The number of nitrogens with zero attached hydrogens (tertiary/aromatic N) is 1. The summed E-state index contributed by atoms with van der Waals surface area (Å²) in [6.07, 6.45) is 2.37. The highest BCUT2D eigenvalue weighted by Gasteiger charge is 2.47. The van der Waals surface area contributed by atoms with Crippen LogP contribution in [-0.2, 0) is 16.0 Å². The number of hydrogen-bond donors (Lipinski definition) is 1. The summed E-state index contributed by atoms with van der Waals surface area (Å²) in [4.78, 5) is 27.6. The number of amides is 1. The first-order valence-electron chi connectivity index (χ1n) is 10.8. The van der Waals surface area contributed by atoms with Crippen molar-refractivity contribution in [2.24, 2.45) is 0 Å². The van der Waals surface area contributed by atoms with Gasteiger partial charge in [-0.25, -0.2) is 0 Å². The van der Waals surface area contributed by atoms with E-state index in [1.54, 1.807) is 30.3 Å². The second kappa shape index (κ2) is 8.94. The monoisotopic (exact) mass is 437 g/mol. The van der Waals surface area contributed by atoms with E-state index in [2.05, 4.69) is 0 Å². The summed E-state index contributed by atoms with van der Waals surface area (Å²) in [6.45, 7) is 2.96. The SMILES string of the molecule is CCCN1C(=O)C(=O)/C(=C(/O)c2ccc3c(c2)CCCO3)C1c1cccc(OC)c1OC. The van der Waals surface area contributed by atoms with Gasteiger partial charge >= 0.3 is 0 Å². The molecule has 1 fully saturated rings. The number of aryl methyl sites for hydroxylation is 1. The van der Waals surface area contributed by atoms with E-state index in [0.29, 0.717) is 42.2 Å². The summed E-state index contributed by atoms with van der Waals surface area (Å²) in [7, 11) is 3.04. The Morgan fingerprint density at radius 3 is 2.72 bits per heavy atom.